The highest BCUT2D eigenvalue weighted by atomic mass is 32.2. The van der Waals surface area contributed by atoms with E-state index in [-0.39, 0.29) is 52.2 Å². The van der Waals surface area contributed by atoms with Crippen LogP contribution in [0.1, 0.15) is 30.4 Å². The largest absolute Gasteiger partial charge is 0.495 e. The summed E-state index contributed by atoms with van der Waals surface area (Å²) < 4.78 is 44.9. The molecule has 6 rings (SSSR count). The van der Waals surface area contributed by atoms with Crippen molar-refractivity contribution in [2.45, 2.75) is 30.7 Å². The third-order valence-electron chi connectivity index (χ3n) is 9.40. The zero-order chi connectivity index (χ0) is 38.2. The number of para-hydroxylation sites is 1. The number of benzene rings is 2. The quantitative estimate of drug-likeness (QED) is 0.146. The Balaban J connectivity index is 1.25. The second-order valence-corrected chi connectivity index (χ2v) is 14.6. The summed E-state index contributed by atoms with van der Waals surface area (Å²) in [5, 5.41) is 9.04. The molecule has 18 heteroatoms. The fourth-order valence-electron chi connectivity index (χ4n) is 6.53. The maximum atomic E-state index is 13.4. The van der Waals surface area contributed by atoms with Crippen molar-refractivity contribution in [2.75, 3.05) is 95.0 Å². The first kappa shape index (κ1) is 38.4. The summed E-state index contributed by atoms with van der Waals surface area (Å²) in [6.45, 7) is 8.21. The average Bonchev–Trinajstić information content (AvgIpc) is 3.19. The number of amides is 1. The van der Waals surface area contributed by atoms with Crippen molar-refractivity contribution < 1.29 is 27.4 Å². The van der Waals surface area contributed by atoms with Gasteiger partial charge in [-0.25, -0.2) is 18.1 Å². The van der Waals surface area contributed by atoms with E-state index in [0.717, 1.165) is 57.8 Å². The van der Waals surface area contributed by atoms with Crippen LogP contribution in [-0.2, 0) is 10.0 Å². The van der Waals surface area contributed by atoms with Gasteiger partial charge in [0.15, 0.2) is 5.82 Å². The summed E-state index contributed by atoms with van der Waals surface area (Å²) in [4.78, 5) is 38.2. The molecule has 2 aromatic heterocycles. The zero-order valence-electron chi connectivity index (χ0n) is 31.1. The van der Waals surface area contributed by atoms with Gasteiger partial charge in [0, 0.05) is 63.6 Å². The lowest BCUT2D eigenvalue weighted by Gasteiger charge is -2.42. The number of anilines is 6. The van der Waals surface area contributed by atoms with E-state index in [4.69, 9.17) is 14.2 Å². The molecule has 4 N–H and O–H groups in total. The number of sulfonamides is 1. The molecular weight excluding hydrogens is 715 g/mol. The molecule has 2 saturated heterocycles. The van der Waals surface area contributed by atoms with Crippen molar-refractivity contribution in [2.24, 2.45) is 0 Å². The van der Waals surface area contributed by atoms with Crippen molar-refractivity contribution >= 4 is 50.4 Å². The first-order valence-corrected chi connectivity index (χ1v) is 19.2. The molecule has 0 atom stereocenters. The van der Waals surface area contributed by atoms with Gasteiger partial charge in [0.25, 0.3) is 5.91 Å². The van der Waals surface area contributed by atoms with Gasteiger partial charge in [0.1, 0.15) is 16.3 Å². The highest BCUT2D eigenvalue weighted by Gasteiger charge is 2.28. The van der Waals surface area contributed by atoms with Crippen LogP contribution in [0.15, 0.2) is 59.6 Å². The summed E-state index contributed by atoms with van der Waals surface area (Å²) in [5.74, 6) is 0.287. The Bertz CT molecular complexity index is 2020. The Labute approximate surface area is 315 Å². The molecule has 4 heterocycles. The van der Waals surface area contributed by atoms with Crippen LogP contribution in [-0.4, -0.2) is 124 Å². The van der Waals surface area contributed by atoms with E-state index in [9.17, 15) is 13.2 Å². The number of methoxy groups -OCH3 is 3. The maximum absolute atomic E-state index is 13.4. The number of hydrogen-bond donors (Lipinski definition) is 4. The van der Waals surface area contributed by atoms with Crippen molar-refractivity contribution in [3.05, 3.63) is 60.6 Å². The van der Waals surface area contributed by atoms with E-state index in [1.54, 1.807) is 32.2 Å². The summed E-state index contributed by atoms with van der Waals surface area (Å²) in [6.07, 6.45) is 3.58. The zero-order valence-corrected chi connectivity index (χ0v) is 31.9. The van der Waals surface area contributed by atoms with E-state index >= 15 is 0 Å². The van der Waals surface area contributed by atoms with E-state index in [0.29, 0.717) is 17.5 Å². The minimum absolute atomic E-state index is 0.00833. The number of hydrogen-bond acceptors (Lipinski definition) is 15. The van der Waals surface area contributed by atoms with Crippen molar-refractivity contribution in [1.29, 1.82) is 0 Å². The Kier molecular flexibility index (Phi) is 12.3. The number of aromatic nitrogens is 4. The Morgan fingerprint density at radius 3 is 2.22 bits per heavy atom. The number of piperazine rings is 1. The molecule has 0 radical (unpaired) electrons. The predicted molar refractivity (Wildman–Crippen MR) is 206 cm³/mol. The Hall–Kier alpha value is -5.30. The smallest absolute Gasteiger partial charge is 0.293 e. The van der Waals surface area contributed by atoms with Gasteiger partial charge in [0.05, 0.1) is 45.0 Å². The highest BCUT2D eigenvalue weighted by Crippen LogP contribution is 2.35. The third-order valence-corrected chi connectivity index (χ3v) is 11.0. The van der Waals surface area contributed by atoms with Crippen LogP contribution < -0.4 is 39.8 Å². The van der Waals surface area contributed by atoms with Gasteiger partial charge in [-0.3, -0.25) is 9.69 Å². The van der Waals surface area contributed by atoms with Crippen LogP contribution in [0.3, 0.4) is 0 Å². The molecule has 2 aliphatic heterocycles. The topological polar surface area (TPSA) is 188 Å². The van der Waals surface area contributed by atoms with Gasteiger partial charge in [-0.05, 0) is 44.2 Å². The van der Waals surface area contributed by atoms with Gasteiger partial charge in [-0.2, -0.15) is 15.0 Å². The molecule has 4 aromatic rings. The normalized spacial score (nSPS) is 15.8. The molecule has 0 bridgehead atoms. The van der Waals surface area contributed by atoms with Crippen molar-refractivity contribution in [1.82, 2.24) is 34.5 Å². The van der Waals surface area contributed by atoms with Crippen molar-refractivity contribution in [3.63, 3.8) is 0 Å². The van der Waals surface area contributed by atoms with Crippen LogP contribution in [0, 0.1) is 0 Å². The number of piperidine rings is 1. The summed E-state index contributed by atoms with van der Waals surface area (Å²) in [5.41, 5.74) is 2.02. The maximum Gasteiger partial charge on any atom is 0.293 e. The van der Waals surface area contributed by atoms with E-state index in [1.165, 1.54) is 32.5 Å². The number of carbonyl (C=O) groups is 1. The first-order valence-electron chi connectivity index (χ1n) is 17.7. The SMILES string of the molecule is CCNS(=O)(=O)c1ccccc1Nc1nc(Nc2ccc(N3CCC(N4CCN(C)CC4)CC3)c(OC)c2)ncc1NC(=O)c1nc(OC)cc(OC)n1. The molecule has 0 saturated carbocycles. The summed E-state index contributed by atoms with van der Waals surface area (Å²) in [6, 6.07) is 14.2. The third kappa shape index (κ3) is 9.07. The van der Waals surface area contributed by atoms with Crippen LogP contribution in [0.5, 0.6) is 17.5 Å². The number of carbonyl (C=O) groups excluding carboxylic acids is 1. The van der Waals surface area contributed by atoms with E-state index in [1.807, 2.05) is 18.2 Å². The van der Waals surface area contributed by atoms with Crippen LogP contribution >= 0.6 is 0 Å². The summed E-state index contributed by atoms with van der Waals surface area (Å²) in [7, 11) is 2.77. The molecule has 17 nitrogen and oxygen atoms in total. The molecule has 0 aliphatic carbocycles. The predicted octanol–water partition coefficient (Wildman–Crippen LogP) is 3.55. The van der Waals surface area contributed by atoms with Gasteiger partial charge in [0.2, 0.25) is 33.6 Å². The minimum atomic E-state index is -3.87. The fourth-order valence-corrected chi connectivity index (χ4v) is 7.73. The Morgan fingerprint density at radius 1 is 0.852 bits per heavy atom. The standard InChI is InChI=1S/C36H47N11O6S/c1-6-38-54(49,50)30-10-8-7-9-26(30)40-33-27(41-35(48)34-42-31(52-4)22-32(43-34)53-5)23-37-36(44-33)39-24-11-12-28(29(21-24)51-3)47-15-13-25(14-16-47)46-19-17-45(2)18-20-46/h7-12,21-23,25,38H,6,13-20H2,1-5H3,(H,41,48)(H2,37,39,40,44). The highest BCUT2D eigenvalue weighted by molar-refractivity contribution is 7.89. The molecule has 0 unspecified atom stereocenters. The molecular formula is C36H47N11O6S. The number of nitrogens with one attached hydrogen (secondary N) is 4. The molecule has 2 aliphatic rings. The molecule has 0 spiro atoms. The van der Waals surface area contributed by atoms with E-state index < -0.39 is 15.9 Å². The molecule has 2 fully saturated rings. The van der Waals surface area contributed by atoms with Gasteiger partial charge in [-0.15, -0.1) is 0 Å². The Morgan fingerprint density at radius 2 is 1.56 bits per heavy atom. The van der Waals surface area contributed by atoms with Crippen LogP contribution in [0.25, 0.3) is 0 Å². The van der Waals surface area contributed by atoms with Crippen LogP contribution in [0.4, 0.5) is 34.5 Å². The number of likely N-dealkylation sites (N-methyl/N-ethyl adjacent to an activating group) is 1. The molecule has 288 valence electrons. The lowest BCUT2D eigenvalue weighted by Crippen LogP contribution is -2.52. The van der Waals surface area contributed by atoms with Crippen LogP contribution in [0.2, 0.25) is 0 Å². The van der Waals surface area contributed by atoms with Gasteiger partial charge < -0.3 is 40.0 Å². The number of ether oxygens (including phenoxy) is 3. The second-order valence-electron chi connectivity index (χ2n) is 12.9. The fraction of sp³-hybridized carbons (Fsp3) is 0.417. The lowest BCUT2D eigenvalue weighted by atomic mass is 10.0. The van der Waals surface area contributed by atoms with E-state index in [2.05, 4.69) is 62.4 Å². The van der Waals surface area contributed by atoms with Gasteiger partial charge >= 0.3 is 0 Å². The molecule has 54 heavy (non-hydrogen) atoms. The first-order chi connectivity index (χ1) is 26.1. The molecule has 1 amide bonds. The average molecular weight is 762 g/mol. The second kappa shape index (κ2) is 17.2. The number of nitrogens with zero attached hydrogens (tertiary/aromatic N) is 7. The molecule has 2 aromatic carbocycles. The minimum Gasteiger partial charge on any atom is -0.495 e. The summed E-state index contributed by atoms with van der Waals surface area (Å²) >= 11 is 0. The van der Waals surface area contributed by atoms with Crippen molar-refractivity contribution in [3.8, 4) is 17.5 Å². The van der Waals surface area contributed by atoms with Gasteiger partial charge in [-0.1, -0.05) is 19.1 Å². The monoisotopic (exact) mass is 761 g/mol. The lowest BCUT2D eigenvalue weighted by molar-refractivity contribution is 0.0981. The number of rotatable bonds is 14.